The summed E-state index contributed by atoms with van der Waals surface area (Å²) in [5.41, 5.74) is 0.684. The molecule has 236 valence electrons. The quantitative estimate of drug-likeness (QED) is 0.139. The van der Waals surface area contributed by atoms with Crippen LogP contribution < -0.4 is 25.6 Å². The predicted octanol–water partition coefficient (Wildman–Crippen LogP) is 3.48. The van der Waals surface area contributed by atoms with Crippen LogP contribution in [0.2, 0.25) is 0 Å². The second kappa shape index (κ2) is 16.5. The van der Waals surface area contributed by atoms with Crippen LogP contribution in [0.25, 0.3) is 0 Å². The maximum absolute atomic E-state index is 14.0. The highest BCUT2D eigenvalue weighted by Gasteiger charge is 2.33. The van der Waals surface area contributed by atoms with Crippen molar-refractivity contribution in [1.82, 2.24) is 16.0 Å². The van der Waals surface area contributed by atoms with Gasteiger partial charge in [-0.05, 0) is 62.1 Å². The van der Waals surface area contributed by atoms with Gasteiger partial charge in [-0.1, -0.05) is 48.5 Å². The van der Waals surface area contributed by atoms with E-state index in [-0.39, 0.29) is 37.4 Å². The van der Waals surface area contributed by atoms with Crippen molar-refractivity contribution in [1.29, 1.82) is 0 Å². The van der Waals surface area contributed by atoms with Gasteiger partial charge in [-0.15, -0.1) is 0 Å². The number of rotatable bonds is 14. The minimum Gasteiger partial charge on any atom is -0.484 e. The van der Waals surface area contributed by atoms with Crippen LogP contribution in [0.1, 0.15) is 31.2 Å². The van der Waals surface area contributed by atoms with Gasteiger partial charge in [-0.3, -0.25) is 24.5 Å². The van der Waals surface area contributed by atoms with Gasteiger partial charge in [-0.25, -0.2) is 9.69 Å². The molecule has 1 fully saturated rings. The molecule has 4 amide bonds. The molecule has 0 aliphatic carbocycles. The molecule has 3 aromatic carbocycles. The van der Waals surface area contributed by atoms with Crippen LogP contribution in [0.4, 0.5) is 16.2 Å². The fourth-order valence-electron chi connectivity index (χ4n) is 4.71. The highest BCUT2D eigenvalue weighted by Crippen LogP contribution is 2.22. The third-order valence-corrected chi connectivity index (χ3v) is 7.04. The SMILES string of the molecule is O=C(NCCC[C@H](NC(=O)[C@@H]1CCCN1)C(=O)N(C(=O)COc1ccccc1)c1ccc([N+](=O)[O-])cc1)OCc1ccccc1. The number of hydrogen-bond acceptors (Lipinski definition) is 9. The molecule has 1 aliphatic heterocycles. The average Bonchev–Trinajstić information content (AvgIpc) is 3.61. The monoisotopic (exact) mass is 617 g/mol. The fraction of sp³-hybridized carbons (Fsp3) is 0.312. The van der Waals surface area contributed by atoms with Crippen molar-refractivity contribution in [3.63, 3.8) is 0 Å². The van der Waals surface area contributed by atoms with Crippen LogP contribution in [0.15, 0.2) is 84.9 Å². The van der Waals surface area contributed by atoms with Gasteiger partial charge in [0.1, 0.15) is 18.4 Å². The summed E-state index contributed by atoms with van der Waals surface area (Å²) in [6, 6.07) is 21.0. The topological polar surface area (TPSA) is 169 Å². The molecule has 1 heterocycles. The smallest absolute Gasteiger partial charge is 0.407 e. The summed E-state index contributed by atoms with van der Waals surface area (Å²) in [7, 11) is 0. The van der Waals surface area contributed by atoms with E-state index in [2.05, 4.69) is 16.0 Å². The number of alkyl carbamates (subject to hydrolysis) is 1. The third-order valence-electron chi connectivity index (χ3n) is 7.04. The number of carbonyl (C=O) groups excluding carboxylic acids is 4. The second-order valence-electron chi connectivity index (χ2n) is 10.3. The molecule has 0 aromatic heterocycles. The summed E-state index contributed by atoms with van der Waals surface area (Å²) in [5, 5.41) is 19.7. The number of ether oxygens (including phenoxy) is 2. The zero-order valence-corrected chi connectivity index (χ0v) is 24.6. The molecule has 3 N–H and O–H groups in total. The van der Waals surface area contributed by atoms with E-state index in [4.69, 9.17) is 9.47 Å². The molecular formula is C32H35N5O8. The number of carbonyl (C=O) groups is 4. The first kappa shape index (κ1) is 32.6. The summed E-state index contributed by atoms with van der Waals surface area (Å²) >= 11 is 0. The molecule has 1 saturated heterocycles. The molecule has 0 spiro atoms. The number of nitro benzene ring substituents is 1. The van der Waals surface area contributed by atoms with Crippen LogP contribution in [0, 0.1) is 10.1 Å². The lowest BCUT2D eigenvalue weighted by Gasteiger charge is -2.27. The zero-order valence-electron chi connectivity index (χ0n) is 24.6. The number of benzene rings is 3. The van der Waals surface area contributed by atoms with Crippen LogP contribution >= 0.6 is 0 Å². The number of hydrogen-bond donors (Lipinski definition) is 3. The van der Waals surface area contributed by atoms with Gasteiger partial charge >= 0.3 is 6.09 Å². The molecular weight excluding hydrogens is 582 g/mol. The summed E-state index contributed by atoms with van der Waals surface area (Å²) in [6.07, 6.45) is 1.10. The van der Waals surface area contributed by atoms with Crippen molar-refractivity contribution in [2.24, 2.45) is 0 Å². The van der Waals surface area contributed by atoms with Gasteiger partial charge in [0, 0.05) is 18.7 Å². The van der Waals surface area contributed by atoms with Crippen molar-refractivity contribution < 1.29 is 33.6 Å². The van der Waals surface area contributed by atoms with Crippen molar-refractivity contribution in [2.45, 2.75) is 44.4 Å². The molecule has 0 radical (unpaired) electrons. The number of para-hydroxylation sites is 1. The van der Waals surface area contributed by atoms with E-state index in [1.807, 2.05) is 30.3 Å². The Hall–Kier alpha value is -5.30. The third kappa shape index (κ3) is 9.86. The van der Waals surface area contributed by atoms with Crippen molar-refractivity contribution in [2.75, 3.05) is 24.6 Å². The van der Waals surface area contributed by atoms with Gasteiger partial charge in [0.05, 0.1) is 16.7 Å². The number of imide groups is 1. The standard InChI is InChI=1S/C32H35N5O8/c38-29(22-44-26-11-5-2-6-12-26)36(24-15-17-25(18-16-24)37(42)43)31(40)28(35-30(39)27-13-7-19-33-27)14-8-20-34-32(41)45-21-23-9-3-1-4-10-23/h1-6,9-12,15-18,27-28,33H,7-8,13-14,19-22H2,(H,34,41)(H,35,39)/t27-,28-/m0/s1. The van der Waals surface area contributed by atoms with Gasteiger partial charge in [0.15, 0.2) is 6.61 Å². The van der Waals surface area contributed by atoms with E-state index in [1.165, 1.54) is 24.3 Å². The Labute approximate surface area is 260 Å². The summed E-state index contributed by atoms with van der Waals surface area (Å²) in [6.45, 7) is 0.384. The Morgan fingerprint density at radius 3 is 2.31 bits per heavy atom. The molecule has 3 aromatic rings. The number of anilines is 1. The normalized spacial score (nSPS) is 14.5. The molecule has 13 nitrogen and oxygen atoms in total. The largest absolute Gasteiger partial charge is 0.484 e. The van der Waals surface area contributed by atoms with Crippen molar-refractivity contribution >= 4 is 35.2 Å². The molecule has 1 aliphatic rings. The van der Waals surface area contributed by atoms with Crippen LogP contribution in [0.3, 0.4) is 0 Å². The highest BCUT2D eigenvalue weighted by molar-refractivity contribution is 6.17. The van der Waals surface area contributed by atoms with Crippen LogP contribution in [0.5, 0.6) is 5.75 Å². The number of nitro groups is 1. The fourth-order valence-corrected chi connectivity index (χ4v) is 4.71. The number of amides is 4. The molecule has 2 atom stereocenters. The zero-order chi connectivity index (χ0) is 32.0. The Bertz CT molecular complexity index is 1450. The minimum atomic E-state index is -1.15. The van der Waals surface area contributed by atoms with Gasteiger partial charge < -0.3 is 25.4 Å². The van der Waals surface area contributed by atoms with E-state index in [1.54, 1.807) is 30.3 Å². The maximum Gasteiger partial charge on any atom is 0.407 e. The molecule has 45 heavy (non-hydrogen) atoms. The number of nitrogens with zero attached hydrogens (tertiary/aromatic N) is 2. The average molecular weight is 618 g/mol. The molecule has 0 unspecified atom stereocenters. The van der Waals surface area contributed by atoms with Crippen LogP contribution in [-0.2, 0) is 25.7 Å². The number of non-ortho nitro benzene ring substituents is 1. The Morgan fingerprint density at radius 2 is 1.67 bits per heavy atom. The number of nitrogens with one attached hydrogen (secondary N) is 3. The lowest BCUT2D eigenvalue weighted by atomic mass is 10.1. The minimum absolute atomic E-state index is 0.0760. The molecule has 0 saturated carbocycles. The first-order chi connectivity index (χ1) is 21.8. The van der Waals surface area contributed by atoms with E-state index >= 15 is 0 Å². The summed E-state index contributed by atoms with van der Waals surface area (Å²) < 4.78 is 10.8. The van der Waals surface area contributed by atoms with Crippen molar-refractivity contribution in [3.8, 4) is 5.75 Å². The molecule has 4 rings (SSSR count). The molecule has 0 bridgehead atoms. The van der Waals surface area contributed by atoms with Gasteiger partial charge in [-0.2, -0.15) is 0 Å². The van der Waals surface area contributed by atoms with E-state index in [0.29, 0.717) is 18.7 Å². The van der Waals surface area contributed by atoms with Crippen molar-refractivity contribution in [3.05, 3.63) is 101 Å². The van der Waals surface area contributed by atoms with E-state index < -0.39 is 47.4 Å². The Balaban J connectivity index is 1.47. The van der Waals surface area contributed by atoms with E-state index in [9.17, 15) is 29.3 Å². The van der Waals surface area contributed by atoms with Gasteiger partial charge in [0.2, 0.25) is 5.91 Å². The second-order valence-corrected chi connectivity index (χ2v) is 10.3. The lowest BCUT2D eigenvalue weighted by molar-refractivity contribution is -0.384. The summed E-state index contributed by atoms with van der Waals surface area (Å²) in [4.78, 5) is 64.3. The first-order valence-corrected chi connectivity index (χ1v) is 14.6. The van der Waals surface area contributed by atoms with Gasteiger partial charge in [0.25, 0.3) is 17.5 Å². The Kier molecular flexibility index (Phi) is 12.0. The highest BCUT2D eigenvalue weighted by atomic mass is 16.6. The maximum atomic E-state index is 14.0. The summed E-state index contributed by atoms with van der Waals surface area (Å²) in [5.74, 6) is -1.47. The predicted molar refractivity (Wildman–Crippen MR) is 164 cm³/mol. The lowest BCUT2D eigenvalue weighted by Crippen LogP contribution is -2.54. The Morgan fingerprint density at radius 1 is 0.978 bits per heavy atom. The van der Waals surface area contributed by atoms with E-state index in [0.717, 1.165) is 16.9 Å². The van der Waals surface area contributed by atoms with Crippen LogP contribution in [-0.4, -0.2) is 60.5 Å². The first-order valence-electron chi connectivity index (χ1n) is 14.6. The molecule has 13 heteroatoms.